The first-order valence-electron chi connectivity index (χ1n) is 6.07. The maximum absolute atomic E-state index is 12.2. The minimum Gasteiger partial charge on any atom is -0.480 e. The summed E-state index contributed by atoms with van der Waals surface area (Å²) in [5, 5.41) is 11.6. The average molecular weight is 290 g/mol. The molecule has 0 aliphatic carbocycles. The summed E-state index contributed by atoms with van der Waals surface area (Å²) in [6.45, 7) is 5.08. The summed E-state index contributed by atoms with van der Waals surface area (Å²) in [5.41, 5.74) is 0. The van der Waals surface area contributed by atoms with Crippen LogP contribution in [0.2, 0.25) is 0 Å². The minimum absolute atomic E-state index is 0.199. The number of nitrogens with one attached hydrogen (secondary N) is 1. The molecule has 2 atom stereocenters. The molecule has 0 aromatic carbocycles. The Hall–Kier alpha value is -1.24. The highest BCUT2D eigenvalue weighted by molar-refractivity contribution is 7.98. The van der Waals surface area contributed by atoms with Crippen molar-refractivity contribution < 1.29 is 19.5 Å². The normalized spacial score (nSPS) is 13.5. The van der Waals surface area contributed by atoms with Crippen molar-refractivity contribution in [3.05, 3.63) is 0 Å². The third-order valence-electron chi connectivity index (χ3n) is 2.67. The number of rotatable bonds is 8. The highest BCUT2D eigenvalue weighted by atomic mass is 32.2. The summed E-state index contributed by atoms with van der Waals surface area (Å²) in [6.07, 6.45) is 1.89. The Morgan fingerprint density at radius 2 is 1.89 bits per heavy atom. The van der Waals surface area contributed by atoms with Gasteiger partial charge in [0.1, 0.15) is 6.04 Å². The first-order valence-corrected chi connectivity index (χ1v) is 7.47. The van der Waals surface area contributed by atoms with Gasteiger partial charge >= 0.3 is 5.97 Å². The number of hydrogen-bond donors (Lipinski definition) is 2. The SMILES string of the molecule is CSCC(C)C(=O)N(CCNC(C)=O)C(C)C(=O)O. The molecule has 0 fully saturated rings. The number of carbonyl (C=O) groups excluding carboxylic acids is 2. The van der Waals surface area contributed by atoms with Gasteiger partial charge < -0.3 is 15.3 Å². The van der Waals surface area contributed by atoms with Gasteiger partial charge in [0.15, 0.2) is 0 Å². The number of hydrogen-bond acceptors (Lipinski definition) is 4. The first-order chi connectivity index (χ1) is 8.81. The van der Waals surface area contributed by atoms with Crippen LogP contribution in [0.3, 0.4) is 0 Å². The van der Waals surface area contributed by atoms with Gasteiger partial charge in [-0.1, -0.05) is 6.92 Å². The molecule has 0 saturated carbocycles. The Kier molecular flexibility index (Phi) is 8.22. The molecule has 0 saturated heterocycles. The first kappa shape index (κ1) is 17.8. The lowest BCUT2D eigenvalue weighted by molar-refractivity contribution is -0.150. The molecule has 2 unspecified atom stereocenters. The van der Waals surface area contributed by atoms with E-state index in [9.17, 15) is 14.4 Å². The van der Waals surface area contributed by atoms with E-state index in [0.717, 1.165) is 0 Å². The molecule has 0 aliphatic rings. The molecule has 19 heavy (non-hydrogen) atoms. The van der Waals surface area contributed by atoms with Crippen molar-refractivity contribution in [1.82, 2.24) is 10.2 Å². The molecule has 6 nitrogen and oxygen atoms in total. The topological polar surface area (TPSA) is 86.7 Å². The zero-order chi connectivity index (χ0) is 15.0. The van der Waals surface area contributed by atoms with Crippen LogP contribution in [0.5, 0.6) is 0 Å². The van der Waals surface area contributed by atoms with Crippen LogP contribution in [0.4, 0.5) is 0 Å². The second-order valence-corrected chi connectivity index (χ2v) is 5.30. The van der Waals surface area contributed by atoms with E-state index in [0.29, 0.717) is 5.75 Å². The molecule has 2 amide bonds. The van der Waals surface area contributed by atoms with Crippen LogP contribution >= 0.6 is 11.8 Å². The number of thioether (sulfide) groups is 1. The highest BCUT2D eigenvalue weighted by Crippen LogP contribution is 2.11. The number of nitrogens with zero attached hydrogens (tertiary/aromatic N) is 1. The van der Waals surface area contributed by atoms with Gasteiger partial charge in [-0.3, -0.25) is 9.59 Å². The van der Waals surface area contributed by atoms with Crippen molar-refractivity contribution >= 4 is 29.5 Å². The number of carbonyl (C=O) groups is 3. The summed E-state index contributed by atoms with van der Waals surface area (Å²) in [7, 11) is 0. The molecule has 0 aliphatic heterocycles. The fourth-order valence-electron chi connectivity index (χ4n) is 1.58. The monoisotopic (exact) mass is 290 g/mol. The van der Waals surface area contributed by atoms with Crippen LogP contribution < -0.4 is 5.32 Å². The summed E-state index contributed by atoms with van der Waals surface area (Å²) < 4.78 is 0. The van der Waals surface area contributed by atoms with E-state index >= 15 is 0 Å². The van der Waals surface area contributed by atoms with Gasteiger partial charge in [0, 0.05) is 31.7 Å². The van der Waals surface area contributed by atoms with Crippen molar-refractivity contribution in [2.45, 2.75) is 26.8 Å². The van der Waals surface area contributed by atoms with E-state index in [-0.39, 0.29) is 30.8 Å². The van der Waals surface area contributed by atoms with Gasteiger partial charge in [-0.05, 0) is 13.2 Å². The number of aliphatic carboxylic acids is 1. The van der Waals surface area contributed by atoms with Crippen LogP contribution in [-0.2, 0) is 14.4 Å². The van der Waals surface area contributed by atoms with E-state index in [1.165, 1.54) is 30.5 Å². The number of carboxylic acids is 1. The van der Waals surface area contributed by atoms with Gasteiger partial charge in [0.2, 0.25) is 11.8 Å². The van der Waals surface area contributed by atoms with Gasteiger partial charge in [0.05, 0.1) is 0 Å². The fraction of sp³-hybridized carbons (Fsp3) is 0.750. The van der Waals surface area contributed by atoms with Gasteiger partial charge in [-0.15, -0.1) is 0 Å². The van der Waals surface area contributed by atoms with Crippen LogP contribution in [-0.4, -0.2) is 58.9 Å². The van der Waals surface area contributed by atoms with Gasteiger partial charge in [0.25, 0.3) is 0 Å². The molecule has 2 N–H and O–H groups in total. The maximum atomic E-state index is 12.2. The van der Waals surface area contributed by atoms with Crippen molar-refractivity contribution in [2.75, 3.05) is 25.1 Å². The predicted octanol–water partition coefficient (Wildman–Crippen LogP) is 0.423. The molecule has 0 radical (unpaired) electrons. The van der Waals surface area contributed by atoms with Crippen molar-refractivity contribution in [3.8, 4) is 0 Å². The minimum atomic E-state index is -1.05. The summed E-state index contributed by atoms with van der Waals surface area (Å²) in [4.78, 5) is 35.3. The molecule has 7 heteroatoms. The predicted molar refractivity (Wildman–Crippen MR) is 75.0 cm³/mol. The number of carboxylic acid groups (broad SMARTS) is 1. The Morgan fingerprint density at radius 1 is 1.32 bits per heavy atom. The Morgan fingerprint density at radius 3 is 2.32 bits per heavy atom. The smallest absolute Gasteiger partial charge is 0.326 e. The third-order valence-corrected chi connectivity index (χ3v) is 3.51. The lowest BCUT2D eigenvalue weighted by Crippen LogP contribution is -2.48. The Balaban J connectivity index is 4.70. The van der Waals surface area contributed by atoms with E-state index in [1.54, 1.807) is 6.92 Å². The standard InChI is InChI=1S/C12H22N2O4S/c1-8(7-19-4)11(16)14(9(2)12(17)18)6-5-13-10(3)15/h8-9H,5-7H2,1-4H3,(H,13,15)(H,17,18). The fourth-order valence-corrected chi connectivity index (χ4v) is 2.23. The van der Waals surface area contributed by atoms with Crippen LogP contribution in [0.15, 0.2) is 0 Å². The average Bonchev–Trinajstić information content (AvgIpc) is 2.33. The molecule has 0 heterocycles. The van der Waals surface area contributed by atoms with Crippen molar-refractivity contribution in [3.63, 3.8) is 0 Å². The third kappa shape index (κ3) is 6.47. The molecular formula is C12H22N2O4S. The molecule has 110 valence electrons. The molecule has 0 rings (SSSR count). The lowest BCUT2D eigenvalue weighted by atomic mass is 10.1. The molecule has 0 bridgehead atoms. The van der Waals surface area contributed by atoms with E-state index < -0.39 is 12.0 Å². The Labute approximate surface area is 117 Å². The molecule has 0 aromatic heterocycles. The zero-order valence-electron chi connectivity index (χ0n) is 11.8. The highest BCUT2D eigenvalue weighted by Gasteiger charge is 2.28. The second kappa shape index (κ2) is 8.79. The quantitative estimate of drug-likeness (QED) is 0.676. The van der Waals surface area contributed by atoms with Crippen molar-refractivity contribution in [2.24, 2.45) is 5.92 Å². The van der Waals surface area contributed by atoms with Crippen molar-refractivity contribution in [1.29, 1.82) is 0 Å². The lowest BCUT2D eigenvalue weighted by Gasteiger charge is -2.29. The second-order valence-electron chi connectivity index (χ2n) is 4.39. The summed E-state index contributed by atoms with van der Waals surface area (Å²) in [6, 6.07) is -0.898. The number of amides is 2. The molecule has 0 aromatic rings. The van der Waals surface area contributed by atoms with E-state index in [4.69, 9.17) is 5.11 Å². The largest absolute Gasteiger partial charge is 0.480 e. The maximum Gasteiger partial charge on any atom is 0.326 e. The molecular weight excluding hydrogens is 268 g/mol. The molecule has 0 spiro atoms. The van der Waals surface area contributed by atoms with Gasteiger partial charge in [-0.25, -0.2) is 4.79 Å². The van der Waals surface area contributed by atoms with E-state index in [2.05, 4.69) is 5.32 Å². The Bertz CT molecular complexity index is 336. The zero-order valence-corrected chi connectivity index (χ0v) is 12.6. The summed E-state index contributed by atoms with van der Waals surface area (Å²) in [5.74, 6) is -1.05. The van der Waals surface area contributed by atoms with Gasteiger partial charge in [-0.2, -0.15) is 11.8 Å². The van der Waals surface area contributed by atoms with E-state index in [1.807, 2.05) is 6.26 Å². The van der Waals surface area contributed by atoms with Crippen LogP contribution in [0.1, 0.15) is 20.8 Å². The van der Waals surface area contributed by atoms with Crippen LogP contribution in [0, 0.1) is 5.92 Å². The van der Waals surface area contributed by atoms with Crippen LogP contribution in [0.25, 0.3) is 0 Å². The summed E-state index contributed by atoms with van der Waals surface area (Å²) >= 11 is 1.54.